The smallest absolute Gasteiger partial charge is 0.260 e. The first kappa shape index (κ1) is 24.3. The van der Waals surface area contributed by atoms with Crippen LogP contribution < -0.4 is 4.90 Å². The fourth-order valence-corrected chi connectivity index (χ4v) is 6.74. The summed E-state index contributed by atoms with van der Waals surface area (Å²) in [6, 6.07) is 12.6. The third-order valence-corrected chi connectivity index (χ3v) is 8.71. The Hall–Kier alpha value is -2.43. The molecule has 3 heterocycles. The molecule has 1 aromatic heterocycles. The molecule has 0 radical (unpaired) electrons. The zero-order valence-corrected chi connectivity index (χ0v) is 21.6. The van der Waals surface area contributed by atoms with Gasteiger partial charge in [0.1, 0.15) is 5.54 Å². The predicted molar refractivity (Wildman–Crippen MR) is 134 cm³/mol. The lowest BCUT2D eigenvalue weighted by atomic mass is 9.91. The number of hydrogen-bond donors (Lipinski definition) is 0. The number of sulfonamides is 1. The van der Waals surface area contributed by atoms with E-state index < -0.39 is 15.6 Å². The van der Waals surface area contributed by atoms with Gasteiger partial charge < -0.3 is 4.74 Å². The topological polar surface area (TPSA) is 84.7 Å². The van der Waals surface area contributed by atoms with Crippen LogP contribution >= 0.6 is 23.2 Å². The molecule has 5 rings (SSSR count). The first-order chi connectivity index (χ1) is 16.6. The lowest BCUT2D eigenvalue weighted by Gasteiger charge is -2.30. The molecule has 3 aromatic rings. The fraction of sp³-hybridized carbons (Fsp3) is 0.333. The maximum Gasteiger partial charge on any atom is 0.260 e. The van der Waals surface area contributed by atoms with Gasteiger partial charge in [-0.3, -0.25) is 9.36 Å². The minimum atomic E-state index is -3.94. The Morgan fingerprint density at radius 1 is 1.06 bits per heavy atom. The first-order valence-corrected chi connectivity index (χ1v) is 13.3. The highest BCUT2D eigenvalue weighted by Crippen LogP contribution is 2.44. The van der Waals surface area contributed by atoms with Crippen LogP contribution in [0, 0.1) is 6.92 Å². The minimum Gasteiger partial charge on any atom is -0.379 e. The van der Waals surface area contributed by atoms with Crippen molar-refractivity contribution in [2.45, 2.75) is 30.8 Å². The molecule has 11 heteroatoms. The number of halogens is 2. The van der Waals surface area contributed by atoms with Crippen molar-refractivity contribution in [2.24, 2.45) is 0 Å². The minimum absolute atomic E-state index is 0.0343. The Balaban J connectivity index is 1.68. The van der Waals surface area contributed by atoms with Crippen molar-refractivity contribution in [1.82, 2.24) is 13.9 Å². The van der Waals surface area contributed by atoms with E-state index in [9.17, 15) is 13.2 Å². The maximum absolute atomic E-state index is 14.0. The average molecular weight is 535 g/mol. The van der Waals surface area contributed by atoms with Crippen molar-refractivity contribution in [2.75, 3.05) is 31.2 Å². The summed E-state index contributed by atoms with van der Waals surface area (Å²) in [5.74, 6) is -0.118. The lowest BCUT2D eigenvalue weighted by Crippen LogP contribution is -2.45. The summed E-state index contributed by atoms with van der Waals surface area (Å²) in [5.41, 5.74) is 1.14. The van der Waals surface area contributed by atoms with E-state index >= 15 is 0 Å². The molecule has 1 saturated heterocycles. The molecule has 0 N–H and O–H groups in total. The van der Waals surface area contributed by atoms with Crippen LogP contribution in [0.25, 0.3) is 0 Å². The summed E-state index contributed by atoms with van der Waals surface area (Å²) in [6.45, 7) is 4.82. The molecule has 2 aromatic carbocycles. The van der Waals surface area contributed by atoms with E-state index in [1.807, 2.05) is 31.2 Å². The molecule has 0 aliphatic carbocycles. The van der Waals surface area contributed by atoms with Gasteiger partial charge in [-0.1, -0.05) is 53.0 Å². The zero-order chi connectivity index (χ0) is 25.0. The predicted octanol–water partition coefficient (Wildman–Crippen LogP) is 4.16. The second kappa shape index (κ2) is 8.90. The van der Waals surface area contributed by atoms with E-state index in [-0.39, 0.29) is 36.4 Å². The highest BCUT2D eigenvalue weighted by Gasteiger charge is 2.52. The Kier molecular flexibility index (Phi) is 6.17. The molecule has 1 unspecified atom stereocenters. The molecule has 1 fully saturated rings. The normalized spacial score (nSPS) is 20.9. The number of anilines is 2. The van der Waals surface area contributed by atoms with Gasteiger partial charge in [-0.05, 0) is 37.6 Å². The van der Waals surface area contributed by atoms with Gasteiger partial charge in [0, 0.05) is 29.6 Å². The van der Waals surface area contributed by atoms with Crippen LogP contribution in [0.4, 0.5) is 11.6 Å². The van der Waals surface area contributed by atoms with Crippen molar-refractivity contribution in [1.29, 1.82) is 0 Å². The molecule has 35 heavy (non-hydrogen) atoms. The summed E-state index contributed by atoms with van der Waals surface area (Å²) >= 11 is 12.5. The summed E-state index contributed by atoms with van der Waals surface area (Å²) in [5, 5.41) is 0.673. The Morgan fingerprint density at radius 3 is 2.31 bits per heavy atom. The third kappa shape index (κ3) is 4.15. The largest absolute Gasteiger partial charge is 0.379 e. The average Bonchev–Trinajstić information content (AvgIpc) is 3.34. The summed E-state index contributed by atoms with van der Waals surface area (Å²) in [6.07, 6.45) is 1.59. The maximum atomic E-state index is 14.0. The van der Waals surface area contributed by atoms with Crippen molar-refractivity contribution in [3.8, 4) is 0 Å². The van der Waals surface area contributed by atoms with Gasteiger partial charge in [-0.15, -0.1) is 0 Å². The van der Waals surface area contributed by atoms with Crippen LogP contribution in [0.2, 0.25) is 10.0 Å². The molecule has 184 valence electrons. The first-order valence-electron chi connectivity index (χ1n) is 11.1. The van der Waals surface area contributed by atoms with Crippen LogP contribution in [0.3, 0.4) is 0 Å². The molecule has 0 spiro atoms. The number of imidazole rings is 1. The highest BCUT2D eigenvalue weighted by atomic mass is 35.5. The number of amides is 1. The Labute approximate surface area is 214 Å². The SMILES string of the molecule is Cc1ccc(CC2(C)C(=O)N(c3cc(Cl)cc(Cl)c3)c3ncc(S(=O)(=O)N4CCOCC4)n32)cc1. The van der Waals surface area contributed by atoms with Gasteiger partial charge in [0.15, 0.2) is 5.03 Å². The number of carbonyl (C=O) groups excluding carboxylic acids is 1. The standard InChI is InChI=1S/C24H24Cl2N4O4S/c1-16-3-5-17(6-4-16)14-24(2)22(31)29(20-12-18(25)11-19(26)13-20)23-27-15-21(30(23)24)35(32,33)28-7-9-34-10-8-28/h3-6,11-13,15H,7-10,14H2,1-2H3. The number of fused-ring (bicyclic) bond motifs is 1. The number of hydrogen-bond acceptors (Lipinski definition) is 5. The zero-order valence-electron chi connectivity index (χ0n) is 19.2. The number of aryl methyl sites for hydroxylation is 1. The second-order valence-electron chi connectivity index (χ2n) is 8.95. The van der Waals surface area contributed by atoms with E-state index in [4.69, 9.17) is 27.9 Å². The van der Waals surface area contributed by atoms with Gasteiger partial charge in [0.2, 0.25) is 5.95 Å². The number of ether oxygens (including phenoxy) is 1. The van der Waals surface area contributed by atoms with Gasteiger partial charge in [-0.2, -0.15) is 4.31 Å². The summed E-state index contributed by atoms with van der Waals surface area (Å²) in [4.78, 5) is 19.9. The molecule has 1 atom stereocenters. The van der Waals surface area contributed by atoms with Crippen molar-refractivity contribution in [3.63, 3.8) is 0 Å². The van der Waals surface area contributed by atoms with Crippen molar-refractivity contribution < 1.29 is 17.9 Å². The number of rotatable bonds is 5. The van der Waals surface area contributed by atoms with Crippen molar-refractivity contribution in [3.05, 3.63) is 69.8 Å². The fourth-order valence-electron chi connectivity index (χ4n) is 4.64. The van der Waals surface area contributed by atoms with Gasteiger partial charge >= 0.3 is 0 Å². The molecular weight excluding hydrogens is 511 g/mol. The highest BCUT2D eigenvalue weighted by molar-refractivity contribution is 7.89. The second-order valence-corrected chi connectivity index (χ2v) is 11.7. The molecular formula is C24H24Cl2N4O4S. The molecule has 2 aliphatic rings. The molecule has 1 amide bonds. The number of carbonyl (C=O) groups is 1. The Morgan fingerprint density at radius 2 is 1.69 bits per heavy atom. The van der Waals surface area contributed by atoms with Crippen LogP contribution in [0.15, 0.2) is 53.7 Å². The van der Waals surface area contributed by atoms with Gasteiger partial charge in [0.05, 0.1) is 25.1 Å². The van der Waals surface area contributed by atoms with Crippen LogP contribution in [0.1, 0.15) is 18.1 Å². The van der Waals surface area contributed by atoms with E-state index in [1.165, 1.54) is 20.0 Å². The third-order valence-electron chi connectivity index (χ3n) is 6.42. The van der Waals surface area contributed by atoms with Crippen molar-refractivity contribution >= 4 is 50.8 Å². The van der Waals surface area contributed by atoms with Crippen LogP contribution in [-0.2, 0) is 31.5 Å². The number of morpholine rings is 1. The quantitative estimate of drug-likeness (QED) is 0.490. The van der Waals surface area contributed by atoms with E-state index in [2.05, 4.69) is 4.98 Å². The summed E-state index contributed by atoms with van der Waals surface area (Å²) < 4.78 is 35.6. The molecule has 0 saturated carbocycles. The Bertz CT molecular complexity index is 1380. The lowest BCUT2D eigenvalue weighted by molar-refractivity contribution is -0.124. The number of benzene rings is 2. The van der Waals surface area contributed by atoms with E-state index in [0.717, 1.165) is 11.1 Å². The van der Waals surface area contributed by atoms with Gasteiger partial charge in [0.25, 0.3) is 15.9 Å². The van der Waals surface area contributed by atoms with E-state index in [1.54, 1.807) is 25.1 Å². The molecule has 8 nitrogen and oxygen atoms in total. The van der Waals surface area contributed by atoms with E-state index in [0.29, 0.717) is 28.9 Å². The number of aromatic nitrogens is 2. The van der Waals surface area contributed by atoms with Gasteiger partial charge in [-0.25, -0.2) is 18.3 Å². The summed E-state index contributed by atoms with van der Waals surface area (Å²) in [7, 11) is -3.94. The number of nitrogens with zero attached hydrogens (tertiary/aromatic N) is 4. The molecule has 0 bridgehead atoms. The van der Waals surface area contributed by atoms with Crippen LogP contribution in [0.5, 0.6) is 0 Å². The van der Waals surface area contributed by atoms with Crippen LogP contribution in [-0.4, -0.2) is 54.5 Å². The monoisotopic (exact) mass is 534 g/mol. The molecule has 2 aliphatic heterocycles.